The summed E-state index contributed by atoms with van der Waals surface area (Å²) in [4.78, 5) is 29.2. The average Bonchev–Trinajstić information content (AvgIpc) is 2.92. The second-order valence-electron chi connectivity index (χ2n) is 10.1. The maximum absolute atomic E-state index is 13.8. The van der Waals surface area contributed by atoms with Gasteiger partial charge in [0.2, 0.25) is 5.91 Å². The standard InChI is InChI=1S/C32H38N2O3/c1-24-17-19-27(20-18-24)22-34(31(35)23-37-30-16-10-9-11-25(30)2)29(21-26-12-5-3-6-13-26)32(36)33-28-14-7-4-8-15-28/h3,5-6,9-13,16-20,28-29H,4,7-8,14-15,21-23H2,1-2H3,(H,33,36)/t29-/m0/s1. The van der Waals surface area contributed by atoms with E-state index in [0.717, 1.165) is 47.9 Å². The van der Waals surface area contributed by atoms with E-state index in [4.69, 9.17) is 4.74 Å². The first kappa shape index (κ1) is 26.5. The lowest BCUT2D eigenvalue weighted by Crippen LogP contribution is -2.53. The molecule has 0 bridgehead atoms. The highest BCUT2D eigenvalue weighted by Crippen LogP contribution is 2.21. The number of para-hydroxylation sites is 1. The van der Waals surface area contributed by atoms with Gasteiger partial charge in [-0.1, -0.05) is 97.6 Å². The molecule has 1 atom stereocenters. The molecule has 1 aliphatic rings. The van der Waals surface area contributed by atoms with Crippen LogP contribution in [-0.2, 0) is 22.6 Å². The fourth-order valence-electron chi connectivity index (χ4n) is 4.93. The summed E-state index contributed by atoms with van der Waals surface area (Å²) in [5, 5.41) is 3.28. The van der Waals surface area contributed by atoms with Crippen LogP contribution in [0.25, 0.3) is 0 Å². The van der Waals surface area contributed by atoms with E-state index in [-0.39, 0.29) is 24.5 Å². The molecule has 3 aromatic rings. The van der Waals surface area contributed by atoms with Crippen molar-refractivity contribution >= 4 is 11.8 Å². The summed E-state index contributed by atoms with van der Waals surface area (Å²) in [7, 11) is 0. The van der Waals surface area contributed by atoms with Crippen LogP contribution in [0.3, 0.4) is 0 Å². The van der Waals surface area contributed by atoms with E-state index in [9.17, 15) is 9.59 Å². The van der Waals surface area contributed by atoms with Gasteiger partial charge in [-0.05, 0) is 49.4 Å². The van der Waals surface area contributed by atoms with Crippen LogP contribution in [0.2, 0.25) is 0 Å². The topological polar surface area (TPSA) is 58.6 Å². The van der Waals surface area contributed by atoms with Gasteiger partial charge in [0.05, 0.1) is 0 Å². The zero-order valence-electron chi connectivity index (χ0n) is 22.0. The van der Waals surface area contributed by atoms with E-state index in [0.29, 0.717) is 18.7 Å². The van der Waals surface area contributed by atoms with Gasteiger partial charge in [-0.3, -0.25) is 9.59 Å². The average molecular weight is 499 g/mol. The van der Waals surface area contributed by atoms with Crippen molar-refractivity contribution in [3.05, 3.63) is 101 Å². The van der Waals surface area contributed by atoms with Crippen LogP contribution in [0.1, 0.15) is 54.4 Å². The summed E-state index contributed by atoms with van der Waals surface area (Å²) in [5.41, 5.74) is 4.13. The number of nitrogens with zero attached hydrogens (tertiary/aromatic N) is 1. The van der Waals surface area contributed by atoms with Crippen LogP contribution in [0.5, 0.6) is 5.75 Å². The van der Waals surface area contributed by atoms with Crippen LogP contribution in [0, 0.1) is 13.8 Å². The van der Waals surface area contributed by atoms with Gasteiger partial charge >= 0.3 is 0 Å². The third-order valence-corrected chi connectivity index (χ3v) is 7.14. The fraction of sp³-hybridized carbons (Fsp3) is 0.375. The highest BCUT2D eigenvalue weighted by atomic mass is 16.5. The molecular weight excluding hydrogens is 460 g/mol. The number of aryl methyl sites for hydroxylation is 2. The van der Waals surface area contributed by atoms with Crippen LogP contribution >= 0.6 is 0 Å². The van der Waals surface area contributed by atoms with Crippen LogP contribution in [0.4, 0.5) is 0 Å². The van der Waals surface area contributed by atoms with Crippen LogP contribution in [-0.4, -0.2) is 35.4 Å². The largest absolute Gasteiger partial charge is 0.484 e. The van der Waals surface area contributed by atoms with E-state index in [1.807, 2.05) is 92.7 Å². The molecule has 0 radical (unpaired) electrons. The molecule has 4 rings (SSSR count). The Morgan fingerprint density at radius 3 is 2.24 bits per heavy atom. The Kier molecular flexibility index (Phi) is 9.36. The third kappa shape index (κ3) is 7.69. The Balaban J connectivity index is 1.61. The van der Waals surface area contributed by atoms with E-state index in [2.05, 4.69) is 5.32 Å². The number of benzene rings is 3. The van der Waals surface area contributed by atoms with Gasteiger partial charge in [0, 0.05) is 19.0 Å². The summed E-state index contributed by atoms with van der Waals surface area (Å²) in [6.07, 6.45) is 5.91. The molecule has 1 saturated carbocycles. The summed E-state index contributed by atoms with van der Waals surface area (Å²) in [5.74, 6) is 0.382. The molecule has 1 N–H and O–H groups in total. The molecule has 5 heteroatoms. The lowest BCUT2D eigenvalue weighted by atomic mass is 9.94. The molecule has 0 aliphatic heterocycles. The SMILES string of the molecule is Cc1ccc(CN(C(=O)COc2ccccc2C)[C@@H](Cc2ccccc2)C(=O)NC2CCCCC2)cc1. The number of ether oxygens (including phenoxy) is 1. The number of hydrogen-bond donors (Lipinski definition) is 1. The zero-order valence-corrected chi connectivity index (χ0v) is 22.0. The van der Waals surface area contributed by atoms with E-state index >= 15 is 0 Å². The van der Waals surface area contributed by atoms with Gasteiger partial charge in [0.25, 0.3) is 5.91 Å². The fourth-order valence-corrected chi connectivity index (χ4v) is 4.93. The van der Waals surface area contributed by atoms with Gasteiger partial charge in [-0.25, -0.2) is 0 Å². The molecule has 0 heterocycles. The number of carbonyl (C=O) groups is 2. The Hall–Kier alpha value is -3.60. The lowest BCUT2D eigenvalue weighted by Gasteiger charge is -2.33. The van der Waals surface area contributed by atoms with E-state index in [1.165, 1.54) is 6.42 Å². The van der Waals surface area contributed by atoms with Gasteiger partial charge < -0.3 is 15.0 Å². The smallest absolute Gasteiger partial charge is 0.261 e. The maximum atomic E-state index is 13.8. The quantitative estimate of drug-likeness (QED) is 0.386. The minimum Gasteiger partial charge on any atom is -0.484 e. The van der Waals surface area contributed by atoms with E-state index in [1.54, 1.807) is 4.90 Å². The first-order valence-electron chi connectivity index (χ1n) is 13.4. The summed E-state index contributed by atoms with van der Waals surface area (Å²) in [6, 6.07) is 25.2. The predicted molar refractivity (Wildman–Crippen MR) is 147 cm³/mol. The van der Waals surface area contributed by atoms with E-state index < -0.39 is 6.04 Å². The summed E-state index contributed by atoms with van der Waals surface area (Å²) in [6.45, 7) is 4.21. The molecule has 37 heavy (non-hydrogen) atoms. The van der Waals surface area contributed by atoms with Gasteiger partial charge in [-0.2, -0.15) is 0 Å². The maximum Gasteiger partial charge on any atom is 0.261 e. The molecule has 0 aromatic heterocycles. The van der Waals surface area contributed by atoms with Crippen molar-refractivity contribution in [2.45, 2.75) is 71.0 Å². The molecule has 1 fully saturated rings. The van der Waals surface area contributed by atoms with Crippen molar-refractivity contribution in [3.8, 4) is 5.75 Å². The zero-order chi connectivity index (χ0) is 26.0. The van der Waals surface area contributed by atoms with Crippen LogP contribution in [0.15, 0.2) is 78.9 Å². The second kappa shape index (κ2) is 13.1. The third-order valence-electron chi connectivity index (χ3n) is 7.14. The number of amides is 2. The lowest BCUT2D eigenvalue weighted by molar-refractivity contribution is -0.143. The Bertz CT molecular complexity index is 1150. The number of carbonyl (C=O) groups excluding carboxylic acids is 2. The predicted octanol–water partition coefficient (Wildman–Crippen LogP) is 5.77. The molecule has 0 unspecified atom stereocenters. The Morgan fingerprint density at radius 1 is 0.865 bits per heavy atom. The van der Waals surface area contributed by atoms with Crippen molar-refractivity contribution in [2.75, 3.05) is 6.61 Å². The molecular formula is C32H38N2O3. The Labute approximate surface area is 220 Å². The minimum atomic E-state index is -0.640. The van der Waals surface area contributed by atoms with Gasteiger partial charge in [0.1, 0.15) is 11.8 Å². The molecule has 0 spiro atoms. The molecule has 3 aromatic carbocycles. The molecule has 1 aliphatic carbocycles. The minimum absolute atomic E-state index is 0.0906. The van der Waals surface area contributed by atoms with Crippen molar-refractivity contribution in [1.82, 2.24) is 10.2 Å². The summed E-state index contributed by atoms with van der Waals surface area (Å²) >= 11 is 0. The molecule has 194 valence electrons. The molecule has 5 nitrogen and oxygen atoms in total. The number of rotatable bonds is 10. The van der Waals surface area contributed by atoms with Crippen LogP contribution < -0.4 is 10.1 Å². The monoisotopic (exact) mass is 498 g/mol. The second-order valence-corrected chi connectivity index (χ2v) is 10.1. The number of nitrogens with one attached hydrogen (secondary N) is 1. The first-order chi connectivity index (χ1) is 18.0. The molecule has 0 saturated heterocycles. The number of hydrogen-bond acceptors (Lipinski definition) is 3. The highest BCUT2D eigenvalue weighted by molar-refractivity contribution is 5.88. The normalized spacial score (nSPS) is 14.5. The van der Waals surface area contributed by atoms with Crippen molar-refractivity contribution in [1.29, 1.82) is 0 Å². The van der Waals surface area contributed by atoms with Gasteiger partial charge in [0.15, 0.2) is 6.61 Å². The summed E-state index contributed by atoms with van der Waals surface area (Å²) < 4.78 is 5.94. The van der Waals surface area contributed by atoms with Crippen molar-refractivity contribution < 1.29 is 14.3 Å². The first-order valence-corrected chi connectivity index (χ1v) is 13.4. The molecule has 2 amide bonds. The Morgan fingerprint density at radius 2 is 1.54 bits per heavy atom. The van der Waals surface area contributed by atoms with Crippen molar-refractivity contribution in [3.63, 3.8) is 0 Å². The van der Waals surface area contributed by atoms with Crippen molar-refractivity contribution in [2.24, 2.45) is 0 Å². The van der Waals surface area contributed by atoms with Gasteiger partial charge in [-0.15, -0.1) is 0 Å². The highest BCUT2D eigenvalue weighted by Gasteiger charge is 2.32.